The lowest BCUT2D eigenvalue weighted by molar-refractivity contribution is 0.0838. The molecule has 0 unspecified atom stereocenters. The number of methoxy groups -OCH3 is 2. The molecular formula is C38H46N4O2. The van der Waals surface area contributed by atoms with E-state index >= 15 is 0 Å². The third-order valence-electron chi connectivity index (χ3n) is 10.5. The van der Waals surface area contributed by atoms with Crippen molar-refractivity contribution in [2.24, 2.45) is 7.05 Å². The van der Waals surface area contributed by atoms with Crippen molar-refractivity contribution in [1.29, 1.82) is 0 Å². The van der Waals surface area contributed by atoms with Gasteiger partial charge in [-0.15, -0.1) is 0 Å². The summed E-state index contributed by atoms with van der Waals surface area (Å²) in [6.07, 6.45) is 6.03. The molecule has 0 amide bonds. The average molecular weight is 591 g/mol. The van der Waals surface area contributed by atoms with E-state index < -0.39 is 0 Å². The molecule has 2 fully saturated rings. The second-order valence-corrected chi connectivity index (χ2v) is 12.8. The van der Waals surface area contributed by atoms with Crippen LogP contribution in [0.1, 0.15) is 55.3 Å². The minimum atomic E-state index is 0.631. The minimum Gasteiger partial charge on any atom is -0.493 e. The smallest absolute Gasteiger partial charge is 0.161 e. The number of aromatic nitrogens is 2. The van der Waals surface area contributed by atoms with Crippen LogP contribution in [0.4, 0.5) is 0 Å². The molecule has 1 N–H and O–H groups in total. The molecule has 6 nitrogen and oxygen atoms in total. The van der Waals surface area contributed by atoms with Crippen LogP contribution in [0.3, 0.4) is 0 Å². The van der Waals surface area contributed by atoms with Gasteiger partial charge in [0.05, 0.1) is 14.2 Å². The predicted octanol–water partition coefficient (Wildman–Crippen LogP) is 7.75. The van der Waals surface area contributed by atoms with Crippen molar-refractivity contribution < 1.29 is 9.47 Å². The Bertz CT molecular complexity index is 1750. The molecule has 2 aliphatic heterocycles. The fourth-order valence-corrected chi connectivity index (χ4v) is 7.89. The maximum absolute atomic E-state index is 5.59. The van der Waals surface area contributed by atoms with E-state index in [2.05, 4.69) is 94.0 Å². The van der Waals surface area contributed by atoms with Gasteiger partial charge in [0.2, 0.25) is 0 Å². The van der Waals surface area contributed by atoms with Gasteiger partial charge < -0.3 is 23.9 Å². The number of fused-ring (bicyclic) bond motifs is 2. The Balaban J connectivity index is 0.986. The van der Waals surface area contributed by atoms with Crippen molar-refractivity contribution in [2.45, 2.75) is 57.5 Å². The Morgan fingerprint density at radius 1 is 0.818 bits per heavy atom. The van der Waals surface area contributed by atoms with Crippen molar-refractivity contribution in [3.05, 3.63) is 83.6 Å². The fraction of sp³-hybridized carbons (Fsp3) is 0.421. The van der Waals surface area contributed by atoms with Crippen LogP contribution in [0.25, 0.3) is 33.1 Å². The van der Waals surface area contributed by atoms with Crippen molar-refractivity contribution >= 4 is 21.8 Å². The summed E-state index contributed by atoms with van der Waals surface area (Å²) in [4.78, 5) is 9.17. The van der Waals surface area contributed by atoms with Crippen molar-refractivity contribution in [3.63, 3.8) is 0 Å². The Morgan fingerprint density at radius 2 is 1.59 bits per heavy atom. The number of H-pyrrole nitrogens is 1. The van der Waals surface area contributed by atoms with Crippen molar-refractivity contribution in [2.75, 3.05) is 40.4 Å². The minimum absolute atomic E-state index is 0.631. The van der Waals surface area contributed by atoms with E-state index in [4.69, 9.17) is 9.47 Å². The molecule has 4 heterocycles. The number of nitrogens with one attached hydrogen (secondary N) is 1. The highest BCUT2D eigenvalue weighted by molar-refractivity contribution is 5.91. The summed E-state index contributed by atoms with van der Waals surface area (Å²) in [5.41, 5.74) is 9.15. The molecule has 0 bridgehead atoms. The van der Waals surface area contributed by atoms with E-state index in [0.717, 1.165) is 36.1 Å². The Hall–Kier alpha value is -3.74. The predicted molar refractivity (Wildman–Crippen MR) is 181 cm³/mol. The topological polar surface area (TPSA) is 45.7 Å². The molecule has 0 spiro atoms. The van der Waals surface area contributed by atoms with Gasteiger partial charge in [0, 0.05) is 66.1 Å². The molecule has 7 rings (SSSR count). The Labute approximate surface area is 261 Å². The number of aryl methyl sites for hydroxylation is 2. The molecule has 0 saturated carbocycles. The van der Waals surface area contributed by atoms with Crippen molar-refractivity contribution in [1.82, 2.24) is 19.4 Å². The van der Waals surface area contributed by atoms with Crippen LogP contribution in [0, 0.1) is 0 Å². The fourth-order valence-electron chi connectivity index (χ4n) is 7.89. The summed E-state index contributed by atoms with van der Waals surface area (Å²) < 4.78 is 13.4. The quantitative estimate of drug-likeness (QED) is 0.201. The molecule has 0 atom stereocenters. The molecule has 44 heavy (non-hydrogen) atoms. The van der Waals surface area contributed by atoms with Gasteiger partial charge in [-0.3, -0.25) is 4.90 Å². The van der Waals surface area contributed by atoms with E-state index in [9.17, 15) is 0 Å². The third kappa shape index (κ3) is 5.39. The van der Waals surface area contributed by atoms with E-state index in [-0.39, 0.29) is 0 Å². The summed E-state index contributed by atoms with van der Waals surface area (Å²) in [6, 6.07) is 25.2. The average Bonchev–Trinajstić information content (AvgIpc) is 3.61. The van der Waals surface area contributed by atoms with Gasteiger partial charge in [-0.1, -0.05) is 31.2 Å². The van der Waals surface area contributed by atoms with Gasteiger partial charge in [0.25, 0.3) is 0 Å². The summed E-state index contributed by atoms with van der Waals surface area (Å²) in [7, 11) is 5.59. The zero-order chi connectivity index (χ0) is 30.2. The van der Waals surface area contributed by atoms with Crippen molar-refractivity contribution in [3.8, 4) is 22.8 Å². The zero-order valence-electron chi connectivity index (χ0n) is 26.7. The molecule has 2 saturated heterocycles. The molecule has 6 heteroatoms. The summed E-state index contributed by atoms with van der Waals surface area (Å²) in [6.45, 7) is 8.11. The lowest BCUT2D eigenvalue weighted by Crippen LogP contribution is -2.47. The van der Waals surface area contributed by atoms with E-state index in [1.807, 2.05) is 6.07 Å². The highest BCUT2D eigenvalue weighted by atomic mass is 16.5. The monoisotopic (exact) mass is 590 g/mol. The first-order valence-electron chi connectivity index (χ1n) is 16.4. The van der Waals surface area contributed by atoms with E-state index in [0.29, 0.717) is 5.92 Å². The van der Waals surface area contributed by atoms with Gasteiger partial charge in [-0.2, -0.15) is 0 Å². The SMILES string of the molecule is CCc1c(-c2ccc(OC)c(OC)c2)[nH]c2ccc(C3CCN(C4CCN(Cc5cc6ccccc6n5C)CC4)CC3)cc12. The molecule has 0 aliphatic carbocycles. The molecule has 5 aromatic rings. The number of nitrogens with zero attached hydrogens (tertiary/aromatic N) is 3. The van der Waals surface area contributed by atoms with Crippen LogP contribution in [0.15, 0.2) is 66.7 Å². The van der Waals surface area contributed by atoms with Gasteiger partial charge in [0.15, 0.2) is 11.5 Å². The van der Waals surface area contributed by atoms with E-state index in [1.54, 1.807) is 14.2 Å². The van der Waals surface area contributed by atoms with Crippen LogP contribution >= 0.6 is 0 Å². The van der Waals surface area contributed by atoms with Gasteiger partial charge in [-0.05, 0) is 110 Å². The molecule has 2 aromatic heterocycles. The lowest BCUT2D eigenvalue weighted by Gasteiger charge is -2.42. The number of aromatic amines is 1. The van der Waals surface area contributed by atoms with E-state index in [1.165, 1.54) is 96.2 Å². The number of hydrogen-bond acceptors (Lipinski definition) is 4. The summed E-state index contributed by atoms with van der Waals surface area (Å²) in [5, 5.41) is 2.71. The standard InChI is InChI=1S/C38H46N4O2/c1-5-32-33-23-27(10-12-34(33)39-38(32)29-11-13-36(43-3)37(24-29)44-4)26-14-20-42(21-15-26)30-16-18-41(19-17-30)25-31-22-28-8-6-7-9-35(28)40(31)2/h6-13,22-24,26,30,39H,5,14-21,25H2,1-4H3. The molecule has 3 aromatic carbocycles. The number of ether oxygens (including phenoxy) is 2. The second-order valence-electron chi connectivity index (χ2n) is 12.8. The van der Waals surface area contributed by atoms with Crippen LogP contribution in [0.5, 0.6) is 11.5 Å². The highest BCUT2D eigenvalue weighted by Crippen LogP contribution is 2.38. The zero-order valence-corrected chi connectivity index (χ0v) is 26.7. The normalized spacial score (nSPS) is 17.5. The first-order valence-corrected chi connectivity index (χ1v) is 16.4. The number of likely N-dealkylation sites (tertiary alicyclic amines) is 2. The summed E-state index contributed by atoms with van der Waals surface area (Å²) in [5.74, 6) is 2.14. The number of benzene rings is 3. The Morgan fingerprint density at radius 3 is 2.32 bits per heavy atom. The van der Waals surface area contributed by atoms with Crippen LogP contribution in [-0.4, -0.2) is 65.8 Å². The maximum Gasteiger partial charge on any atom is 0.161 e. The lowest BCUT2D eigenvalue weighted by atomic mass is 9.87. The number of hydrogen-bond donors (Lipinski definition) is 1. The third-order valence-corrected chi connectivity index (χ3v) is 10.5. The molecule has 0 radical (unpaired) electrons. The number of para-hydroxylation sites is 1. The molecule has 2 aliphatic rings. The van der Waals surface area contributed by atoms with Crippen LogP contribution < -0.4 is 9.47 Å². The maximum atomic E-state index is 5.59. The molecular weight excluding hydrogens is 544 g/mol. The van der Waals surface area contributed by atoms with Crippen LogP contribution in [0.2, 0.25) is 0 Å². The van der Waals surface area contributed by atoms with Gasteiger partial charge >= 0.3 is 0 Å². The Kier molecular flexibility index (Phi) is 8.13. The van der Waals surface area contributed by atoms with Gasteiger partial charge in [0.1, 0.15) is 0 Å². The first kappa shape index (κ1) is 29.0. The number of rotatable bonds is 8. The highest BCUT2D eigenvalue weighted by Gasteiger charge is 2.29. The summed E-state index contributed by atoms with van der Waals surface area (Å²) >= 11 is 0. The molecule has 230 valence electrons. The van der Waals surface area contributed by atoms with Crippen LogP contribution in [-0.2, 0) is 20.0 Å². The largest absolute Gasteiger partial charge is 0.493 e. The number of piperidine rings is 2. The van der Waals surface area contributed by atoms with Gasteiger partial charge in [-0.25, -0.2) is 0 Å². The first-order chi connectivity index (χ1) is 21.6. The second kappa shape index (κ2) is 12.3.